The van der Waals surface area contributed by atoms with Crippen LogP contribution in [0.15, 0.2) is 63.6 Å². The van der Waals surface area contributed by atoms with Crippen LogP contribution in [0.25, 0.3) is 17.3 Å². The first kappa shape index (κ1) is 19.6. The second-order valence-electron chi connectivity index (χ2n) is 7.46. The standard InChI is InChI=1S/C23H20N6O3/c1-16-14-18(26-29(16)17-6-3-2-4-7-17)22(30)27-9-11-28(12-10-27)23-19(15-24)25-21(32-23)20-8-5-13-31-20/h2-8,13-14H,9-12H2,1H3. The summed E-state index contributed by atoms with van der Waals surface area (Å²) in [6, 6.07) is 17.1. The van der Waals surface area contributed by atoms with E-state index in [1.165, 1.54) is 6.26 Å². The SMILES string of the molecule is Cc1cc(C(=O)N2CCN(c3oc(-c4ccco4)nc3C#N)CC2)nn1-c1ccccc1. The number of carbonyl (C=O) groups is 1. The number of piperazine rings is 1. The van der Waals surface area contributed by atoms with Gasteiger partial charge >= 0.3 is 0 Å². The third kappa shape index (κ3) is 3.52. The van der Waals surface area contributed by atoms with Crippen LogP contribution in [0.2, 0.25) is 0 Å². The zero-order chi connectivity index (χ0) is 22.1. The third-order valence-electron chi connectivity index (χ3n) is 5.41. The lowest BCUT2D eigenvalue weighted by Crippen LogP contribution is -2.49. The first-order valence-electron chi connectivity index (χ1n) is 10.2. The topological polar surface area (TPSA) is 104 Å². The molecule has 0 aliphatic carbocycles. The van der Waals surface area contributed by atoms with Crippen LogP contribution in [0.3, 0.4) is 0 Å². The Kier molecular flexibility index (Phi) is 4.95. The summed E-state index contributed by atoms with van der Waals surface area (Å²) in [4.78, 5) is 21.0. The Hall–Kier alpha value is -4.32. The molecule has 9 nitrogen and oxygen atoms in total. The molecule has 0 saturated carbocycles. The first-order chi connectivity index (χ1) is 15.6. The molecule has 1 aliphatic rings. The lowest BCUT2D eigenvalue weighted by molar-refractivity contribution is 0.0739. The number of rotatable bonds is 4. The lowest BCUT2D eigenvalue weighted by Gasteiger charge is -2.34. The lowest BCUT2D eigenvalue weighted by atomic mass is 10.2. The van der Waals surface area contributed by atoms with E-state index in [0.29, 0.717) is 43.5 Å². The number of hydrogen-bond acceptors (Lipinski definition) is 7. The van der Waals surface area contributed by atoms with Crippen molar-refractivity contribution < 1.29 is 13.6 Å². The third-order valence-corrected chi connectivity index (χ3v) is 5.41. The number of nitriles is 1. The zero-order valence-corrected chi connectivity index (χ0v) is 17.4. The highest BCUT2D eigenvalue weighted by Crippen LogP contribution is 2.29. The Bertz CT molecular complexity index is 1280. The minimum Gasteiger partial charge on any atom is -0.459 e. The highest BCUT2D eigenvalue weighted by molar-refractivity contribution is 5.92. The number of benzene rings is 1. The van der Waals surface area contributed by atoms with Crippen LogP contribution in [-0.2, 0) is 0 Å². The number of anilines is 1. The Morgan fingerprint density at radius 1 is 1.09 bits per heavy atom. The summed E-state index contributed by atoms with van der Waals surface area (Å²) in [5, 5.41) is 14.0. The van der Waals surface area contributed by atoms with Crippen molar-refractivity contribution in [3.8, 4) is 23.4 Å². The smallest absolute Gasteiger partial charge is 0.274 e. The highest BCUT2D eigenvalue weighted by atomic mass is 16.4. The van der Waals surface area contributed by atoms with Gasteiger partial charge in [0.2, 0.25) is 11.6 Å². The molecule has 9 heteroatoms. The van der Waals surface area contributed by atoms with Crippen molar-refractivity contribution >= 4 is 11.8 Å². The number of hydrogen-bond donors (Lipinski definition) is 0. The van der Waals surface area contributed by atoms with Crippen molar-refractivity contribution in [1.82, 2.24) is 19.7 Å². The predicted octanol–water partition coefficient (Wildman–Crippen LogP) is 3.26. The molecular weight excluding hydrogens is 408 g/mol. The summed E-state index contributed by atoms with van der Waals surface area (Å²) in [5.74, 6) is 1.01. The van der Waals surface area contributed by atoms with Crippen LogP contribution in [0.5, 0.6) is 0 Å². The minimum absolute atomic E-state index is 0.114. The molecular formula is C23H20N6O3. The van der Waals surface area contributed by atoms with Gasteiger partial charge in [-0.1, -0.05) is 18.2 Å². The molecule has 4 heterocycles. The number of nitrogens with zero attached hydrogens (tertiary/aromatic N) is 6. The number of furan rings is 1. The quantitative estimate of drug-likeness (QED) is 0.491. The number of oxazole rings is 1. The average Bonchev–Trinajstić information content (AvgIpc) is 3.58. The summed E-state index contributed by atoms with van der Waals surface area (Å²) in [5.41, 5.74) is 2.42. The highest BCUT2D eigenvalue weighted by Gasteiger charge is 2.28. The molecule has 1 fully saturated rings. The average molecular weight is 428 g/mol. The van der Waals surface area contributed by atoms with Gasteiger partial charge in [-0.2, -0.15) is 15.3 Å². The first-order valence-corrected chi connectivity index (χ1v) is 10.2. The maximum absolute atomic E-state index is 13.1. The van der Waals surface area contributed by atoms with Crippen LogP contribution in [0.4, 0.5) is 5.88 Å². The molecule has 1 saturated heterocycles. The largest absolute Gasteiger partial charge is 0.459 e. The van der Waals surface area contributed by atoms with Gasteiger partial charge in [-0.05, 0) is 37.3 Å². The Labute approximate surface area is 184 Å². The fraction of sp³-hybridized carbons (Fsp3) is 0.217. The van der Waals surface area contributed by atoms with Gasteiger partial charge in [-0.15, -0.1) is 0 Å². The molecule has 1 amide bonds. The molecule has 0 radical (unpaired) electrons. The number of carbonyl (C=O) groups excluding carboxylic acids is 1. The van der Waals surface area contributed by atoms with E-state index in [1.807, 2.05) is 48.2 Å². The summed E-state index contributed by atoms with van der Waals surface area (Å²) in [6.45, 7) is 3.94. The van der Waals surface area contributed by atoms with E-state index >= 15 is 0 Å². The van der Waals surface area contributed by atoms with Gasteiger partial charge in [0.1, 0.15) is 6.07 Å². The van der Waals surface area contributed by atoms with E-state index < -0.39 is 0 Å². The zero-order valence-electron chi connectivity index (χ0n) is 17.4. The van der Waals surface area contributed by atoms with Gasteiger partial charge in [0.25, 0.3) is 11.8 Å². The van der Waals surface area contributed by atoms with Gasteiger partial charge in [-0.25, -0.2) is 4.68 Å². The second kappa shape index (κ2) is 8.07. The monoisotopic (exact) mass is 428 g/mol. The van der Waals surface area contributed by atoms with Crippen molar-refractivity contribution in [1.29, 1.82) is 5.26 Å². The van der Waals surface area contributed by atoms with E-state index in [-0.39, 0.29) is 17.5 Å². The van der Waals surface area contributed by atoms with Crippen LogP contribution >= 0.6 is 0 Å². The fourth-order valence-electron chi connectivity index (χ4n) is 3.79. The molecule has 4 aromatic rings. The van der Waals surface area contributed by atoms with Crippen LogP contribution in [0.1, 0.15) is 21.9 Å². The van der Waals surface area contributed by atoms with E-state index in [1.54, 1.807) is 21.7 Å². The summed E-state index contributed by atoms with van der Waals surface area (Å²) < 4.78 is 12.9. The van der Waals surface area contributed by atoms with Gasteiger partial charge in [-0.3, -0.25) is 4.79 Å². The molecule has 5 rings (SSSR count). The van der Waals surface area contributed by atoms with Crippen LogP contribution in [0, 0.1) is 18.3 Å². The van der Waals surface area contributed by atoms with Gasteiger partial charge in [0, 0.05) is 31.9 Å². The van der Waals surface area contributed by atoms with Gasteiger partial charge in [0.15, 0.2) is 11.5 Å². The molecule has 0 bridgehead atoms. The van der Waals surface area contributed by atoms with Crippen molar-refractivity contribution in [2.24, 2.45) is 0 Å². The molecule has 160 valence electrons. The van der Waals surface area contributed by atoms with Crippen molar-refractivity contribution in [3.05, 3.63) is 71.9 Å². The normalized spacial score (nSPS) is 13.9. The van der Waals surface area contributed by atoms with Crippen LogP contribution < -0.4 is 4.90 Å². The van der Waals surface area contributed by atoms with Crippen molar-refractivity contribution in [2.45, 2.75) is 6.92 Å². The van der Waals surface area contributed by atoms with E-state index in [0.717, 1.165) is 11.4 Å². The predicted molar refractivity (Wildman–Crippen MR) is 115 cm³/mol. The van der Waals surface area contributed by atoms with E-state index in [4.69, 9.17) is 8.83 Å². The molecule has 3 aromatic heterocycles. The number of aromatic nitrogens is 3. The Morgan fingerprint density at radius 3 is 2.56 bits per heavy atom. The van der Waals surface area contributed by atoms with E-state index in [9.17, 15) is 10.1 Å². The molecule has 0 unspecified atom stereocenters. The van der Waals surface area contributed by atoms with E-state index in [2.05, 4.69) is 16.2 Å². The van der Waals surface area contributed by atoms with Crippen molar-refractivity contribution in [2.75, 3.05) is 31.1 Å². The maximum atomic E-state index is 13.1. The molecule has 1 aliphatic heterocycles. The molecule has 0 N–H and O–H groups in total. The molecule has 0 atom stereocenters. The molecule has 1 aromatic carbocycles. The number of amides is 1. The van der Waals surface area contributed by atoms with Crippen LogP contribution in [-0.4, -0.2) is 51.8 Å². The Balaban J connectivity index is 1.30. The molecule has 0 spiro atoms. The fourth-order valence-corrected chi connectivity index (χ4v) is 3.79. The summed E-state index contributed by atoms with van der Waals surface area (Å²) >= 11 is 0. The summed E-state index contributed by atoms with van der Waals surface area (Å²) in [7, 11) is 0. The maximum Gasteiger partial charge on any atom is 0.274 e. The van der Waals surface area contributed by atoms with Gasteiger partial charge in [0.05, 0.1) is 12.0 Å². The number of aryl methyl sites for hydroxylation is 1. The van der Waals surface area contributed by atoms with Gasteiger partial charge < -0.3 is 18.6 Å². The van der Waals surface area contributed by atoms with Crippen molar-refractivity contribution in [3.63, 3.8) is 0 Å². The summed E-state index contributed by atoms with van der Waals surface area (Å²) in [6.07, 6.45) is 1.52. The molecule has 32 heavy (non-hydrogen) atoms. The number of para-hydroxylation sites is 1. The Morgan fingerprint density at radius 2 is 1.88 bits per heavy atom. The second-order valence-corrected chi connectivity index (χ2v) is 7.46. The minimum atomic E-state index is -0.114.